The molecule has 116 valence electrons. The number of hydrogen-bond acceptors (Lipinski definition) is 2. The van der Waals surface area contributed by atoms with Gasteiger partial charge in [0, 0.05) is 19.5 Å². The maximum atomic E-state index is 12.2. The predicted octanol–water partition coefficient (Wildman–Crippen LogP) is 4.08. The van der Waals surface area contributed by atoms with Crippen LogP contribution >= 0.6 is 0 Å². The molecule has 0 spiro atoms. The lowest BCUT2D eigenvalue weighted by molar-refractivity contribution is 0.0730. The molecule has 1 amide bonds. The van der Waals surface area contributed by atoms with Gasteiger partial charge in [0.2, 0.25) is 0 Å². The lowest BCUT2D eigenvalue weighted by atomic mass is 10.1. The number of amides is 1. The molecule has 0 aliphatic carbocycles. The molecule has 3 rings (SSSR count). The van der Waals surface area contributed by atoms with Crippen molar-refractivity contribution in [3.63, 3.8) is 0 Å². The van der Waals surface area contributed by atoms with Crippen molar-refractivity contribution < 1.29 is 9.21 Å². The molecule has 0 unspecified atom stereocenters. The summed E-state index contributed by atoms with van der Waals surface area (Å²) in [4.78, 5) is 14.2. The second kappa shape index (κ2) is 7.30. The Hall–Kier alpha value is -2.03. The Morgan fingerprint density at radius 2 is 1.82 bits per heavy atom. The average molecular weight is 297 g/mol. The lowest BCUT2D eigenvalue weighted by Crippen LogP contribution is -2.37. The van der Waals surface area contributed by atoms with E-state index in [9.17, 15) is 4.79 Å². The first-order chi connectivity index (χ1) is 10.8. The SMILES string of the molecule is O=C1c2ccoc2CCN1CCCCCCc1ccccc1. The number of carbonyl (C=O) groups excluding carboxylic acids is 1. The van der Waals surface area contributed by atoms with Crippen LogP contribution in [-0.4, -0.2) is 23.9 Å². The van der Waals surface area contributed by atoms with Crippen molar-refractivity contribution in [2.75, 3.05) is 13.1 Å². The second-order valence-corrected chi connectivity index (χ2v) is 5.95. The predicted molar refractivity (Wildman–Crippen MR) is 86.9 cm³/mol. The van der Waals surface area contributed by atoms with Crippen LogP contribution in [0.2, 0.25) is 0 Å². The van der Waals surface area contributed by atoms with E-state index in [1.165, 1.54) is 24.8 Å². The summed E-state index contributed by atoms with van der Waals surface area (Å²) in [6.07, 6.45) is 8.36. The van der Waals surface area contributed by atoms with Crippen molar-refractivity contribution in [2.24, 2.45) is 0 Å². The van der Waals surface area contributed by atoms with Crippen LogP contribution in [0.25, 0.3) is 0 Å². The number of fused-ring (bicyclic) bond motifs is 1. The number of nitrogens with zero attached hydrogens (tertiary/aromatic N) is 1. The minimum absolute atomic E-state index is 0.138. The van der Waals surface area contributed by atoms with Gasteiger partial charge in [-0.15, -0.1) is 0 Å². The average Bonchev–Trinajstić information content (AvgIpc) is 3.03. The van der Waals surface area contributed by atoms with E-state index >= 15 is 0 Å². The number of benzene rings is 1. The van der Waals surface area contributed by atoms with Crippen LogP contribution in [0.15, 0.2) is 47.1 Å². The summed E-state index contributed by atoms with van der Waals surface area (Å²) >= 11 is 0. The highest BCUT2D eigenvalue weighted by Gasteiger charge is 2.25. The number of aryl methyl sites for hydroxylation is 1. The standard InChI is InChI=1S/C19H23NO2/c21-19-17-12-15-22-18(17)11-14-20(19)13-7-2-1-4-8-16-9-5-3-6-10-16/h3,5-6,9-10,12,15H,1-2,4,7-8,11,13-14H2. The molecule has 0 saturated carbocycles. The van der Waals surface area contributed by atoms with Crippen molar-refractivity contribution in [3.8, 4) is 0 Å². The third-order valence-corrected chi connectivity index (χ3v) is 4.36. The van der Waals surface area contributed by atoms with Crippen LogP contribution < -0.4 is 0 Å². The van der Waals surface area contributed by atoms with Crippen molar-refractivity contribution in [2.45, 2.75) is 38.5 Å². The fraction of sp³-hybridized carbons (Fsp3) is 0.421. The molecule has 0 N–H and O–H groups in total. The first kappa shape index (κ1) is 14.9. The van der Waals surface area contributed by atoms with Gasteiger partial charge in [-0.2, -0.15) is 0 Å². The molecule has 22 heavy (non-hydrogen) atoms. The maximum Gasteiger partial charge on any atom is 0.257 e. The zero-order valence-electron chi connectivity index (χ0n) is 13.0. The van der Waals surface area contributed by atoms with Gasteiger partial charge in [-0.1, -0.05) is 43.2 Å². The summed E-state index contributed by atoms with van der Waals surface area (Å²) in [5.41, 5.74) is 2.18. The highest BCUT2D eigenvalue weighted by molar-refractivity contribution is 5.96. The fourth-order valence-corrected chi connectivity index (χ4v) is 3.08. The number of carbonyl (C=O) groups is 1. The largest absolute Gasteiger partial charge is 0.468 e. The van der Waals surface area contributed by atoms with Crippen LogP contribution in [0.1, 0.15) is 47.4 Å². The van der Waals surface area contributed by atoms with Gasteiger partial charge in [0.05, 0.1) is 11.8 Å². The summed E-state index contributed by atoms with van der Waals surface area (Å²) < 4.78 is 5.33. The van der Waals surface area contributed by atoms with Gasteiger partial charge in [-0.25, -0.2) is 0 Å². The molecule has 1 aliphatic heterocycles. The zero-order chi connectivity index (χ0) is 15.2. The van der Waals surface area contributed by atoms with Crippen molar-refractivity contribution in [1.29, 1.82) is 0 Å². The van der Waals surface area contributed by atoms with Gasteiger partial charge in [0.15, 0.2) is 0 Å². The van der Waals surface area contributed by atoms with Gasteiger partial charge in [-0.3, -0.25) is 4.79 Å². The van der Waals surface area contributed by atoms with Crippen LogP contribution in [0.4, 0.5) is 0 Å². The van der Waals surface area contributed by atoms with E-state index in [-0.39, 0.29) is 5.91 Å². The molecule has 2 heterocycles. The Morgan fingerprint density at radius 3 is 2.68 bits per heavy atom. The number of furan rings is 1. The zero-order valence-corrected chi connectivity index (χ0v) is 13.0. The van der Waals surface area contributed by atoms with E-state index in [4.69, 9.17) is 4.42 Å². The van der Waals surface area contributed by atoms with Crippen molar-refractivity contribution in [1.82, 2.24) is 4.90 Å². The number of unbranched alkanes of at least 4 members (excludes halogenated alkanes) is 3. The smallest absolute Gasteiger partial charge is 0.257 e. The number of hydrogen-bond donors (Lipinski definition) is 0. The monoisotopic (exact) mass is 297 g/mol. The summed E-state index contributed by atoms with van der Waals surface area (Å²) in [6.45, 7) is 1.66. The topological polar surface area (TPSA) is 33.5 Å². The maximum absolute atomic E-state index is 12.2. The van der Waals surface area contributed by atoms with Crippen LogP contribution in [0.3, 0.4) is 0 Å². The quantitative estimate of drug-likeness (QED) is 0.721. The molecule has 2 aromatic rings. The Morgan fingerprint density at radius 1 is 1.00 bits per heavy atom. The van der Waals surface area contributed by atoms with Gasteiger partial charge in [0.25, 0.3) is 5.91 Å². The van der Waals surface area contributed by atoms with Gasteiger partial charge in [-0.05, 0) is 30.9 Å². The Labute approximate surface area is 131 Å². The highest BCUT2D eigenvalue weighted by Crippen LogP contribution is 2.20. The minimum atomic E-state index is 0.138. The van der Waals surface area contributed by atoms with Crippen molar-refractivity contribution >= 4 is 5.91 Å². The molecule has 1 aromatic heterocycles. The van der Waals surface area contributed by atoms with Gasteiger partial charge in [0.1, 0.15) is 5.76 Å². The molecule has 3 heteroatoms. The minimum Gasteiger partial charge on any atom is -0.468 e. The third-order valence-electron chi connectivity index (χ3n) is 4.36. The van der Waals surface area contributed by atoms with Gasteiger partial charge < -0.3 is 9.32 Å². The Kier molecular flexibility index (Phi) is 4.94. The molecule has 0 fully saturated rings. The highest BCUT2D eigenvalue weighted by atomic mass is 16.3. The van der Waals surface area contributed by atoms with Crippen LogP contribution in [0.5, 0.6) is 0 Å². The third kappa shape index (κ3) is 3.59. The summed E-state index contributed by atoms with van der Waals surface area (Å²) in [5.74, 6) is 0.989. The molecular formula is C19H23NO2. The van der Waals surface area contributed by atoms with E-state index in [1.54, 1.807) is 12.3 Å². The lowest BCUT2D eigenvalue weighted by Gasteiger charge is -2.26. The van der Waals surface area contributed by atoms with E-state index in [1.807, 2.05) is 4.90 Å². The Balaban J connectivity index is 1.33. The van der Waals surface area contributed by atoms with Crippen LogP contribution in [0, 0.1) is 0 Å². The Bertz CT molecular complexity index is 603. The second-order valence-electron chi connectivity index (χ2n) is 5.95. The molecule has 0 radical (unpaired) electrons. The number of rotatable bonds is 7. The van der Waals surface area contributed by atoms with Crippen LogP contribution in [-0.2, 0) is 12.8 Å². The normalized spacial score (nSPS) is 14.2. The van der Waals surface area contributed by atoms with E-state index in [0.29, 0.717) is 0 Å². The molecule has 0 bridgehead atoms. The molecule has 1 aliphatic rings. The first-order valence-electron chi connectivity index (χ1n) is 8.24. The van der Waals surface area contributed by atoms with Crippen molar-refractivity contribution in [3.05, 3.63) is 59.5 Å². The summed E-state index contributed by atoms with van der Waals surface area (Å²) in [5, 5.41) is 0. The van der Waals surface area contributed by atoms with E-state index in [2.05, 4.69) is 30.3 Å². The molecular weight excluding hydrogens is 274 g/mol. The summed E-state index contributed by atoms with van der Waals surface area (Å²) in [6, 6.07) is 12.4. The van der Waals surface area contributed by atoms with E-state index < -0.39 is 0 Å². The van der Waals surface area contributed by atoms with E-state index in [0.717, 1.165) is 43.7 Å². The molecule has 1 aromatic carbocycles. The molecule has 0 saturated heterocycles. The van der Waals surface area contributed by atoms with Gasteiger partial charge >= 0.3 is 0 Å². The summed E-state index contributed by atoms with van der Waals surface area (Å²) in [7, 11) is 0. The molecule has 0 atom stereocenters. The fourth-order valence-electron chi connectivity index (χ4n) is 3.08. The first-order valence-corrected chi connectivity index (χ1v) is 8.24. The molecule has 3 nitrogen and oxygen atoms in total.